The Kier molecular flexibility index (Phi) is 11.2. The number of amides is 3. The Balaban J connectivity index is 2.28. The van der Waals surface area contributed by atoms with E-state index in [0.717, 1.165) is 12.8 Å². The molecule has 1 heterocycles. The molecule has 4 atom stereocenters. The molecule has 1 fully saturated rings. The van der Waals surface area contributed by atoms with Gasteiger partial charge in [0.05, 0.1) is 12.5 Å². The van der Waals surface area contributed by atoms with Gasteiger partial charge in [-0.3, -0.25) is 19.2 Å². The number of nitrogens with zero attached hydrogens (tertiary/aromatic N) is 2. The quantitative estimate of drug-likeness (QED) is 0.415. The highest BCUT2D eigenvalue weighted by atomic mass is 16.4. The minimum Gasteiger partial charge on any atom is -0.481 e. The molecular weight excluding hydrogens is 448 g/mol. The monoisotopic (exact) mass is 488 g/mol. The summed E-state index contributed by atoms with van der Waals surface area (Å²) < 4.78 is 0. The fourth-order valence-corrected chi connectivity index (χ4v) is 4.62. The van der Waals surface area contributed by atoms with Crippen molar-refractivity contribution in [2.24, 2.45) is 0 Å². The molecule has 3 amide bonds. The molecule has 1 aliphatic heterocycles. The molecule has 0 saturated carbocycles. The second-order valence-corrected chi connectivity index (χ2v) is 9.18. The number of nitrogens with one attached hydrogen (secondary N) is 2. The van der Waals surface area contributed by atoms with Crippen LogP contribution in [0.1, 0.15) is 70.2 Å². The highest BCUT2D eigenvalue weighted by Gasteiger charge is 2.40. The maximum Gasteiger partial charge on any atom is 0.304 e. The van der Waals surface area contributed by atoms with Crippen LogP contribution in [0, 0.1) is 0 Å². The van der Waals surface area contributed by atoms with E-state index in [9.17, 15) is 24.3 Å². The third kappa shape index (κ3) is 8.06. The lowest BCUT2D eigenvalue weighted by Gasteiger charge is -2.48. The van der Waals surface area contributed by atoms with E-state index in [0.29, 0.717) is 38.0 Å². The van der Waals surface area contributed by atoms with E-state index in [2.05, 4.69) is 10.6 Å². The maximum absolute atomic E-state index is 13.8. The summed E-state index contributed by atoms with van der Waals surface area (Å²) in [6, 6.07) is 7.35. The van der Waals surface area contributed by atoms with Crippen LogP contribution in [-0.2, 0) is 14.4 Å². The molecular formula is C26H40N4O5. The molecule has 0 aromatic heterocycles. The maximum atomic E-state index is 13.8. The molecule has 0 bridgehead atoms. The minimum absolute atomic E-state index is 0.0172. The average Bonchev–Trinajstić information content (AvgIpc) is 2.84. The van der Waals surface area contributed by atoms with Crippen LogP contribution in [0.4, 0.5) is 0 Å². The normalized spacial score (nSPS) is 19.7. The van der Waals surface area contributed by atoms with Crippen LogP contribution >= 0.6 is 0 Å². The van der Waals surface area contributed by atoms with Crippen molar-refractivity contribution in [3.63, 3.8) is 0 Å². The molecule has 1 aromatic carbocycles. The van der Waals surface area contributed by atoms with Gasteiger partial charge < -0.3 is 25.5 Å². The van der Waals surface area contributed by atoms with Gasteiger partial charge in [-0.2, -0.15) is 0 Å². The number of hydrogen-bond donors (Lipinski definition) is 3. The van der Waals surface area contributed by atoms with E-state index in [1.165, 1.54) is 6.92 Å². The van der Waals surface area contributed by atoms with Crippen LogP contribution in [0.2, 0.25) is 0 Å². The van der Waals surface area contributed by atoms with Crippen LogP contribution < -0.4 is 10.6 Å². The van der Waals surface area contributed by atoms with Crippen molar-refractivity contribution in [2.75, 3.05) is 19.6 Å². The van der Waals surface area contributed by atoms with Gasteiger partial charge in [0.2, 0.25) is 11.8 Å². The van der Waals surface area contributed by atoms with E-state index < -0.39 is 12.0 Å². The molecule has 1 aliphatic rings. The van der Waals surface area contributed by atoms with Crippen molar-refractivity contribution in [1.29, 1.82) is 0 Å². The summed E-state index contributed by atoms with van der Waals surface area (Å²) in [4.78, 5) is 53.7. The Hall–Kier alpha value is -2.94. The number of carbonyl (C=O) groups is 4. The fraction of sp³-hybridized carbons (Fsp3) is 0.615. The molecule has 0 radical (unpaired) electrons. The molecule has 4 unspecified atom stereocenters. The predicted octanol–water partition coefficient (Wildman–Crippen LogP) is 2.27. The average molecular weight is 489 g/mol. The number of piperazine rings is 1. The molecule has 3 N–H and O–H groups in total. The Morgan fingerprint density at radius 1 is 1.03 bits per heavy atom. The smallest absolute Gasteiger partial charge is 0.304 e. The molecule has 194 valence electrons. The van der Waals surface area contributed by atoms with Gasteiger partial charge in [-0.1, -0.05) is 45.4 Å². The molecule has 0 aliphatic carbocycles. The zero-order chi connectivity index (χ0) is 26.0. The molecule has 1 aromatic rings. The number of carbonyl (C=O) groups excluding carboxylic acids is 3. The largest absolute Gasteiger partial charge is 0.481 e. The summed E-state index contributed by atoms with van der Waals surface area (Å²) in [6.07, 6.45) is 2.61. The first kappa shape index (κ1) is 28.3. The van der Waals surface area contributed by atoms with Crippen LogP contribution in [0.25, 0.3) is 0 Å². The van der Waals surface area contributed by atoms with E-state index in [1.54, 1.807) is 29.2 Å². The number of hydrogen-bond acceptors (Lipinski definition) is 5. The minimum atomic E-state index is -0.884. The van der Waals surface area contributed by atoms with E-state index in [-0.39, 0.29) is 42.3 Å². The zero-order valence-electron chi connectivity index (χ0n) is 21.3. The van der Waals surface area contributed by atoms with Gasteiger partial charge in [0.25, 0.3) is 5.91 Å². The van der Waals surface area contributed by atoms with Crippen molar-refractivity contribution in [1.82, 2.24) is 20.4 Å². The van der Waals surface area contributed by atoms with Gasteiger partial charge in [-0.25, -0.2) is 0 Å². The molecule has 9 nitrogen and oxygen atoms in total. The fourth-order valence-electron chi connectivity index (χ4n) is 4.62. The Morgan fingerprint density at radius 3 is 2.23 bits per heavy atom. The Bertz CT molecular complexity index is 863. The summed E-state index contributed by atoms with van der Waals surface area (Å²) in [7, 11) is 0. The highest BCUT2D eigenvalue weighted by molar-refractivity contribution is 5.97. The summed E-state index contributed by atoms with van der Waals surface area (Å²) >= 11 is 0. The Labute approximate surface area is 208 Å². The van der Waals surface area contributed by atoms with Gasteiger partial charge in [0.15, 0.2) is 0 Å². The van der Waals surface area contributed by atoms with Crippen molar-refractivity contribution in [2.45, 2.75) is 84.0 Å². The van der Waals surface area contributed by atoms with Gasteiger partial charge in [-0.05, 0) is 31.4 Å². The summed E-state index contributed by atoms with van der Waals surface area (Å²) in [6.45, 7) is 8.52. The number of carboxylic acids is 1. The third-order valence-electron chi connectivity index (χ3n) is 6.57. The number of rotatable bonds is 12. The number of carboxylic acid groups (broad SMARTS) is 1. The standard InChI is InChI=1S/C26H40N4O5/c1-5-11-21-16-29(18(4)31)17-22(15-27-20(6-2)14-24(32)33)30(21)26(35)23(7-3)28-25(34)19-12-9-8-10-13-19/h8-10,12-13,20-23,27H,5-7,11,14-17H2,1-4H3,(H,28,34)(H,32,33). The predicted molar refractivity (Wildman–Crippen MR) is 134 cm³/mol. The molecule has 9 heteroatoms. The SMILES string of the molecule is CCCC1CN(C(C)=O)CC(CNC(CC)CC(=O)O)N1C(=O)C(CC)NC(=O)c1ccccc1. The summed E-state index contributed by atoms with van der Waals surface area (Å²) in [5.41, 5.74) is 0.489. The van der Waals surface area contributed by atoms with Crippen molar-refractivity contribution >= 4 is 23.7 Å². The van der Waals surface area contributed by atoms with Gasteiger partial charge in [-0.15, -0.1) is 0 Å². The van der Waals surface area contributed by atoms with Gasteiger partial charge in [0, 0.05) is 44.2 Å². The van der Waals surface area contributed by atoms with Gasteiger partial charge >= 0.3 is 5.97 Å². The lowest BCUT2D eigenvalue weighted by atomic mass is 9.98. The van der Waals surface area contributed by atoms with Crippen molar-refractivity contribution in [3.05, 3.63) is 35.9 Å². The topological polar surface area (TPSA) is 119 Å². The van der Waals surface area contributed by atoms with Gasteiger partial charge in [0.1, 0.15) is 6.04 Å². The summed E-state index contributed by atoms with van der Waals surface area (Å²) in [5, 5.41) is 15.4. The van der Waals surface area contributed by atoms with E-state index >= 15 is 0 Å². The van der Waals surface area contributed by atoms with Crippen molar-refractivity contribution in [3.8, 4) is 0 Å². The van der Waals surface area contributed by atoms with Crippen LogP contribution in [0.15, 0.2) is 30.3 Å². The van der Waals surface area contributed by atoms with E-state index in [1.807, 2.05) is 31.7 Å². The second kappa shape index (κ2) is 13.8. The summed E-state index contributed by atoms with van der Waals surface area (Å²) in [5.74, 6) is -1.41. The first-order valence-corrected chi connectivity index (χ1v) is 12.6. The number of benzene rings is 1. The van der Waals surface area contributed by atoms with Crippen LogP contribution in [0.5, 0.6) is 0 Å². The van der Waals surface area contributed by atoms with E-state index in [4.69, 9.17) is 0 Å². The first-order valence-electron chi connectivity index (χ1n) is 12.6. The highest BCUT2D eigenvalue weighted by Crippen LogP contribution is 2.22. The number of aliphatic carboxylic acids is 1. The Morgan fingerprint density at radius 2 is 1.69 bits per heavy atom. The molecule has 1 saturated heterocycles. The van der Waals surface area contributed by atoms with Crippen LogP contribution in [-0.4, -0.2) is 82.4 Å². The second-order valence-electron chi connectivity index (χ2n) is 9.18. The third-order valence-corrected chi connectivity index (χ3v) is 6.57. The molecule has 2 rings (SSSR count). The lowest BCUT2D eigenvalue weighted by molar-refractivity contribution is -0.148. The molecule has 0 spiro atoms. The lowest BCUT2D eigenvalue weighted by Crippen LogP contribution is -2.66. The molecule has 35 heavy (non-hydrogen) atoms. The zero-order valence-corrected chi connectivity index (χ0v) is 21.3. The first-order chi connectivity index (χ1) is 16.7. The van der Waals surface area contributed by atoms with Crippen LogP contribution in [0.3, 0.4) is 0 Å². The van der Waals surface area contributed by atoms with Crippen molar-refractivity contribution < 1.29 is 24.3 Å².